The third-order valence-electron chi connectivity index (χ3n) is 8.18. The second-order valence-corrected chi connectivity index (χ2v) is 11.3. The van der Waals surface area contributed by atoms with Gasteiger partial charge in [0.2, 0.25) is 0 Å². The zero-order valence-corrected chi connectivity index (χ0v) is 26.7. The maximum absolute atomic E-state index is 5.42. The van der Waals surface area contributed by atoms with Gasteiger partial charge in [-0.2, -0.15) is 0 Å². The number of fused-ring (bicyclic) bond motifs is 4. The summed E-state index contributed by atoms with van der Waals surface area (Å²) in [6.07, 6.45) is 23.1. The summed E-state index contributed by atoms with van der Waals surface area (Å²) in [5, 5.41) is 0. The molecule has 0 saturated carbocycles. The molecule has 0 aliphatic carbocycles. The Morgan fingerprint density at radius 1 is 0.388 bits per heavy atom. The fraction of sp³-hybridized carbons (Fsp3) is 0. The smallest absolute Gasteiger partial charge is 0.0854 e. The van der Waals surface area contributed by atoms with Crippen LogP contribution in [0.2, 0.25) is 0 Å². The van der Waals surface area contributed by atoms with Crippen molar-refractivity contribution in [1.29, 1.82) is 0 Å². The van der Waals surface area contributed by atoms with Crippen molar-refractivity contribution >= 4 is 45.1 Å². The number of nitrogens with zero attached hydrogens (tertiary/aromatic N) is 8. The van der Waals surface area contributed by atoms with E-state index in [0.717, 1.165) is 67.9 Å². The Morgan fingerprint density at radius 2 is 0.898 bits per heavy atom. The van der Waals surface area contributed by atoms with E-state index in [1.807, 2.05) is 115 Å². The normalized spacial score (nSPS) is 17.5. The topological polar surface area (TPSA) is 101 Å². The number of pyridine rings is 4. The maximum atomic E-state index is 5.42. The molecule has 235 valence electrons. The predicted octanol–water partition coefficient (Wildman–Crippen LogP) is 7.27. The summed E-state index contributed by atoms with van der Waals surface area (Å²) in [6, 6.07) is 23.5. The quantitative estimate of drug-likeness (QED) is 0.212. The number of rotatable bonds is 4. The molecule has 0 saturated heterocycles. The molecule has 0 spiro atoms. The molecular weight excluding hydrogens is 656 g/mol. The molecule has 9 heterocycles. The van der Waals surface area contributed by atoms with E-state index < -0.39 is 0 Å². The molecule has 5 aliphatic rings. The van der Waals surface area contributed by atoms with E-state index in [1.54, 1.807) is 24.8 Å². The van der Waals surface area contributed by atoms with Gasteiger partial charge >= 0.3 is 0 Å². The maximum Gasteiger partial charge on any atom is 0.0854 e. The van der Waals surface area contributed by atoms with Gasteiger partial charge in [0.05, 0.1) is 74.0 Å². The van der Waals surface area contributed by atoms with Crippen molar-refractivity contribution in [3.8, 4) is 0 Å². The van der Waals surface area contributed by atoms with Gasteiger partial charge in [-0.1, -0.05) is 24.3 Å². The fourth-order valence-electron chi connectivity index (χ4n) is 6.13. The Hall–Kier alpha value is -6.28. The molecule has 9 rings (SSSR count). The predicted molar refractivity (Wildman–Crippen MR) is 191 cm³/mol. The molecule has 0 aromatic carbocycles. The van der Waals surface area contributed by atoms with Crippen molar-refractivity contribution in [1.82, 2.24) is 19.9 Å². The van der Waals surface area contributed by atoms with E-state index in [0.29, 0.717) is 22.8 Å². The van der Waals surface area contributed by atoms with Crippen LogP contribution in [0.25, 0.3) is 22.3 Å². The van der Waals surface area contributed by atoms with Gasteiger partial charge < -0.3 is 0 Å². The first-order chi connectivity index (χ1) is 23.8. The number of aromatic nitrogens is 4. The largest absolute Gasteiger partial charge is 0.256 e. The first-order valence-electron chi connectivity index (χ1n) is 15.5. The van der Waals surface area contributed by atoms with Gasteiger partial charge in [0, 0.05) is 58.6 Å². The van der Waals surface area contributed by atoms with Crippen molar-refractivity contribution in [3.63, 3.8) is 0 Å². The van der Waals surface area contributed by atoms with Crippen LogP contribution >= 0.6 is 0 Å². The molecule has 4 aromatic heterocycles. The molecule has 8 bridgehead atoms. The summed E-state index contributed by atoms with van der Waals surface area (Å²) < 4.78 is 0. The second-order valence-electron chi connectivity index (χ2n) is 11.3. The molecule has 0 amide bonds. The average molecular weight is 680 g/mol. The van der Waals surface area contributed by atoms with Gasteiger partial charge in [0.15, 0.2) is 0 Å². The Labute approximate surface area is 292 Å². The average Bonchev–Trinajstić information content (AvgIpc) is 3.94. The van der Waals surface area contributed by atoms with E-state index in [9.17, 15) is 0 Å². The van der Waals surface area contributed by atoms with Gasteiger partial charge in [-0.05, 0) is 97.1 Å². The third-order valence-corrected chi connectivity index (χ3v) is 8.18. The summed E-state index contributed by atoms with van der Waals surface area (Å²) in [5.41, 5.74) is 12.3. The summed E-state index contributed by atoms with van der Waals surface area (Å²) in [6.45, 7) is 0. The van der Waals surface area contributed by atoms with E-state index in [4.69, 9.17) is 39.9 Å². The van der Waals surface area contributed by atoms with Crippen LogP contribution in [0.15, 0.2) is 189 Å². The van der Waals surface area contributed by atoms with Crippen LogP contribution in [0.1, 0.15) is 22.8 Å². The van der Waals surface area contributed by atoms with Gasteiger partial charge in [-0.25, -0.2) is 20.0 Å². The molecule has 49 heavy (non-hydrogen) atoms. The number of hydrogen-bond donors (Lipinski definition) is 0. The van der Waals surface area contributed by atoms with Crippen LogP contribution in [0.5, 0.6) is 0 Å². The molecule has 0 fully saturated rings. The minimum absolute atomic E-state index is 0. The summed E-state index contributed by atoms with van der Waals surface area (Å²) in [7, 11) is 0. The monoisotopic (exact) mass is 679 g/mol. The van der Waals surface area contributed by atoms with Crippen molar-refractivity contribution in [2.75, 3.05) is 0 Å². The first kappa shape index (κ1) is 30.1. The van der Waals surface area contributed by atoms with Gasteiger partial charge in [0.25, 0.3) is 0 Å². The zero-order valence-electron chi connectivity index (χ0n) is 25.7. The summed E-state index contributed by atoms with van der Waals surface area (Å²) >= 11 is 0. The van der Waals surface area contributed by atoms with Gasteiger partial charge in [-0.15, -0.1) is 0 Å². The molecule has 0 N–H and O–H groups in total. The third kappa shape index (κ3) is 5.67. The molecule has 8 nitrogen and oxygen atoms in total. The minimum atomic E-state index is 0. The van der Waals surface area contributed by atoms with Crippen LogP contribution in [0.3, 0.4) is 0 Å². The van der Waals surface area contributed by atoms with Gasteiger partial charge in [-0.3, -0.25) is 19.9 Å². The number of aliphatic imine (C=N–C) groups is 4. The standard InChI is InChI=1S/C40H24N8.Cu/c1-5-17-41-31(9-1)30-23-29-22-27-14-13-25(45-27)21-26-15-16-28(46-26)24-35-36(32-10-2-6-18-42-32)37(33-11-3-7-19-43-33)40(48-35)38(39(30)47-29)34-12-4-8-20-44-34;/h1-24H;. The van der Waals surface area contributed by atoms with Crippen molar-refractivity contribution in [3.05, 3.63) is 192 Å². The molecule has 0 atom stereocenters. The van der Waals surface area contributed by atoms with Crippen LogP contribution < -0.4 is 0 Å². The summed E-state index contributed by atoms with van der Waals surface area (Å²) in [4.78, 5) is 39.7. The Kier molecular flexibility index (Phi) is 7.81. The zero-order chi connectivity index (χ0) is 31.9. The first-order valence-corrected chi connectivity index (χ1v) is 15.5. The van der Waals surface area contributed by atoms with Crippen molar-refractivity contribution < 1.29 is 17.1 Å². The van der Waals surface area contributed by atoms with E-state index in [1.165, 1.54) is 0 Å². The van der Waals surface area contributed by atoms with Crippen LogP contribution in [0.4, 0.5) is 0 Å². The molecule has 0 unspecified atom stereocenters. The van der Waals surface area contributed by atoms with E-state index in [-0.39, 0.29) is 17.1 Å². The van der Waals surface area contributed by atoms with Gasteiger partial charge in [0.1, 0.15) is 0 Å². The van der Waals surface area contributed by atoms with Crippen molar-refractivity contribution in [2.45, 2.75) is 0 Å². The summed E-state index contributed by atoms with van der Waals surface area (Å²) in [5.74, 6) is 0. The molecule has 9 heteroatoms. The molecule has 5 aliphatic heterocycles. The number of hydrogen-bond acceptors (Lipinski definition) is 8. The van der Waals surface area contributed by atoms with E-state index >= 15 is 0 Å². The van der Waals surface area contributed by atoms with E-state index in [2.05, 4.69) is 6.08 Å². The number of allylic oxidation sites excluding steroid dienone is 12. The molecule has 4 aromatic rings. The molecular formula is C40H24CuN8. The fourth-order valence-corrected chi connectivity index (χ4v) is 6.13. The Balaban J connectivity index is 0.00000348. The van der Waals surface area contributed by atoms with Crippen molar-refractivity contribution in [2.24, 2.45) is 20.0 Å². The Morgan fingerprint density at radius 3 is 1.47 bits per heavy atom. The van der Waals surface area contributed by atoms with Crippen LogP contribution in [0, 0.1) is 0 Å². The van der Waals surface area contributed by atoms with Crippen LogP contribution in [-0.2, 0) is 17.1 Å². The molecule has 1 radical (unpaired) electrons. The Bertz CT molecular complexity index is 2390. The second kappa shape index (κ2) is 12.7. The minimum Gasteiger partial charge on any atom is -0.256 e. The SMILES string of the molecule is C1=CC2=NC1=CC1=NC(=C(c3ccccn3)C3=NC(=CC4=NC(=C2)C=C4)C=C3c2ccccn2)C(c2ccccn2)=C1c1ccccn1.[Cu]. The van der Waals surface area contributed by atoms with Crippen LogP contribution in [-0.4, -0.2) is 42.8 Å².